The highest BCUT2D eigenvalue weighted by atomic mass is 35.5. The lowest BCUT2D eigenvalue weighted by atomic mass is 9.98. The molecule has 14 heteroatoms. The van der Waals surface area contributed by atoms with Crippen molar-refractivity contribution >= 4 is 39.9 Å². The van der Waals surface area contributed by atoms with Crippen LogP contribution in [0.4, 0.5) is 14.6 Å². The summed E-state index contributed by atoms with van der Waals surface area (Å²) in [5.74, 6) is -1.44. The van der Waals surface area contributed by atoms with Gasteiger partial charge in [0.25, 0.3) is 0 Å². The number of nitrogens with one attached hydrogen (secondary N) is 2. The first kappa shape index (κ1) is 20.6. The van der Waals surface area contributed by atoms with E-state index < -0.39 is 29.9 Å². The summed E-state index contributed by atoms with van der Waals surface area (Å²) >= 11 is 6.52. The van der Waals surface area contributed by atoms with E-state index in [9.17, 15) is 9.18 Å². The minimum absolute atomic E-state index is 0.132. The number of alkyl halides is 1. The molecular formula is C20H15ClF2N10O. The molecule has 1 fully saturated rings. The van der Waals surface area contributed by atoms with E-state index in [0.29, 0.717) is 27.8 Å². The molecule has 2 unspecified atom stereocenters. The van der Waals surface area contributed by atoms with E-state index in [0.717, 1.165) is 0 Å². The molecule has 5 aromatic rings. The predicted octanol–water partition coefficient (Wildman–Crippen LogP) is 2.96. The Labute approximate surface area is 194 Å². The fourth-order valence-corrected chi connectivity index (χ4v) is 4.30. The van der Waals surface area contributed by atoms with Gasteiger partial charge in [-0.1, -0.05) is 11.6 Å². The van der Waals surface area contributed by atoms with Crippen LogP contribution in [-0.4, -0.2) is 56.9 Å². The van der Waals surface area contributed by atoms with Crippen molar-refractivity contribution in [3.63, 3.8) is 0 Å². The number of tetrazole rings is 1. The number of fused-ring (bicyclic) bond motifs is 2. The lowest BCUT2D eigenvalue weighted by molar-refractivity contribution is -0.117. The third-order valence-corrected chi connectivity index (χ3v) is 6.26. The third kappa shape index (κ3) is 3.19. The number of aromatic nitrogens is 9. The number of anilines is 1. The number of hydrogen-bond donors (Lipinski definition) is 2. The first-order chi connectivity index (χ1) is 16.4. The number of nitrogens with zero attached hydrogens (tertiary/aromatic N) is 8. The van der Waals surface area contributed by atoms with Crippen molar-refractivity contribution in [1.29, 1.82) is 0 Å². The summed E-state index contributed by atoms with van der Waals surface area (Å²) in [6.45, 7) is 1.74. The molecule has 4 heterocycles. The van der Waals surface area contributed by atoms with Crippen molar-refractivity contribution < 1.29 is 13.6 Å². The van der Waals surface area contributed by atoms with Gasteiger partial charge in [0, 0.05) is 22.7 Å². The number of carbonyl (C=O) groups is 1. The van der Waals surface area contributed by atoms with Gasteiger partial charge < -0.3 is 9.72 Å². The van der Waals surface area contributed by atoms with Crippen LogP contribution in [0.3, 0.4) is 0 Å². The quantitative estimate of drug-likeness (QED) is 0.392. The standard InChI is InChI=1S/C20H15ClF2N10O/c1-8(33-7-26-30-31-33)15-18(23)17(21)16(10-3-25-29-19(10)15)12-5-32-6-13(27-14(32)4-24-12)28-20(34)9-2-11(9)22/h3-9,11H,2H2,1H3,(H,25,29)(H,28,34)/t8-,9?,11?/m1/s1. The molecule has 0 spiro atoms. The van der Waals surface area contributed by atoms with Gasteiger partial charge in [0.1, 0.15) is 18.3 Å². The first-order valence-electron chi connectivity index (χ1n) is 10.3. The summed E-state index contributed by atoms with van der Waals surface area (Å²) < 4.78 is 31.8. The van der Waals surface area contributed by atoms with E-state index in [4.69, 9.17) is 11.6 Å². The largest absolute Gasteiger partial charge is 0.309 e. The van der Waals surface area contributed by atoms with Gasteiger partial charge in [0.05, 0.1) is 46.8 Å². The highest BCUT2D eigenvalue weighted by Gasteiger charge is 2.43. The number of carbonyl (C=O) groups excluding carboxylic acids is 1. The van der Waals surface area contributed by atoms with E-state index in [2.05, 4.69) is 41.0 Å². The number of amides is 1. The molecule has 0 radical (unpaired) electrons. The second-order valence-corrected chi connectivity index (χ2v) is 8.43. The molecule has 0 saturated heterocycles. The van der Waals surface area contributed by atoms with Gasteiger partial charge >= 0.3 is 0 Å². The van der Waals surface area contributed by atoms with Crippen LogP contribution in [0.15, 0.2) is 31.1 Å². The van der Waals surface area contributed by atoms with E-state index in [1.807, 2.05) is 0 Å². The zero-order valence-corrected chi connectivity index (χ0v) is 18.2. The summed E-state index contributed by atoms with van der Waals surface area (Å²) in [6.07, 6.45) is 6.70. The van der Waals surface area contributed by atoms with Crippen molar-refractivity contribution in [1.82, 2.24) is 44.8 Å². The lowest BCUT2D eigenvalue weighted by Crippen LogP contribution is -2.15. The van der Waals surface area contributed by atoms with Crippen LogP contribution in [0.25, 0.3) is 27.8 Å². The fourth-order valence-electron chi connectivity index (χ4n) is 4.00. The maximum absolute atomic E-state index is 15.6. The van der Waals surface area contributed by atoms with Crippen molar-refractivity contribution in [2.24, 2.45) is 5.92 Å². The number of H-pyrrole nitrogens is 1. The van der Waals surface area contributed by atoms with Crippen LogP contribution >= 0.6 is 11.6 Å². The summed E-state index contributed by atoms with van der Waals surface area (Å²) in [6, 6.07) is -0.560. The van der Waals surface area contributed by atoms with Crippen LogP contribution < -0.4 is 5.32 Å². The van der Waals surface area contributed by atoms with Crippen molar-refractivity contribution in [2.75, 3.05) is 5.32 Å². The molecule has 0 bridgehead atoms. The van der Waals surface area contributed by atoms with Crippen LogP contribution in [0.2, 0.25) is 5.02 Å². The van der Waals surface area contributed by atoms with Gasteiger partial charge in [-0.15, -0.1) is 5.10 Å². The second kappa shape index (κ2) is 7.52. The Kier molecular flexibility index (Phi) is 4.55. The Bertz CT molecular complexity index is 1560. The predicted molar refractivity (Wildman–Crippen MR) is 116 cm³/mol. The minimum atomic E-state index is -1.11. The fraction of sp³-hybridized carbons (Fsp3) is 0.250. The van der Waals surface area contributed by atoms with Gasteiger partial charge in [-0.3, -0.25) is 14.9 Å². The normalized spacial score (nSPS) is 18.5. The van der Waals surface area contributed by atoms with Crippen LogP contribution in [0.5, 0.6) is 0 Å². The molecule has 1 aromatic carbocycles. The first-order valence-corrected chi connectivity index (χ1v) is 10.7. The van der Waals surface area contributed by atoms with Gasteiger partial charge in [-0.2, -0.15) is 5.10 Å². The van der Waals surface area contributed by atoms with Crippen molar-refractivity contribution in [3.8, 4) is 11.3 Å². The number of halogens is 3. The average Bonchev–Trinajstić information content (AvgIpc) is 3.26. The zero-order chi connectivity index (χ0) is 23.6. The summed E-state index contributed by atoms with van der Waals surface area (Å²) in [4.78, 5) is 20.7. The smallest absolute Gasteiger partial charge is 0.231 e. The number of aromatic amines is 1. The van der Waals surface area contributed by atoms with Crippen LogP contribution in [0, 0.1) is 11.7 Å². The molecule has 11 nitrogen and oxygen atoms in total. The zero-order valence-electron chi connectivity index (χ0n) is 17.4. The van der Waals surface area contributed by atoms with Crippen LogP contribution in [0.1, 0.15) is 24.9 Å². The Hall–Kier alpha value is -4.00. The molecule has 1 saturated carbocycles. The van der Waals surface area contributed by atoms with E-state index >= 15 is 4.39 Å². The van der Waals surface area contributed by atoms with Crippen molar-refractivity contribution in [2.45, 2.75) is 25.6 Å². The van der Waals surface area contributed by atoms with Gasteiger partial charge in [0.15, 0.2) is 11.5 Å². The summed E-state index contributed by atoms with van der Waals surface area (Å²) in [5, 5.41) is 21.0. The average molecular weight is 485 g/mol. The Balaban J connectivity index is 1.43. The van der Waals surface area contributed by atoms with E-state index in [1.165, 1.54) is 17.2 Å². The Morgan fingerprint density at radius 2 is 2.18 bits per heavy atom. The molecule has 1 amide bonds. The number of imidazole rings is 1. The maximum Gasteiger partial charge on any atom is 0.231 e. The minimum Gasteiger partial charge on any atom is -0.309 e. The highest BCUT2D eigenvalue weighted by Crippen LogP contribution is 2.41. The molecule has 0 aliphatic heterocycles. The number of rotatable bonds is 5. The Morgan fingerprint density at radius 1 is 1.35 bits per heavy atom. The molecule has 6 rings (SSSR count). The monoisotopic (exact) mass is 484 g/mol. The molecule has 1 aliphatic rings. The van der Waals surface area contributed by atoms with Gasteiger partial charge in [-0.05, 0) is 23.8 Å². The van der Waals surface area contributed by atoms with E-state index in [1.54, 1.807) is 29.9 Å². The molecule has 4 aromatic heterocycles. The third-order valence-electron chi connectivity index (χ3n) is 5.90. The second-order valence-electron chi connectivity index (χ2n) is 8.05. The molecule has 2 N–H and O–H groups in total. The number of hydrogen-bond acceptors (Lipinski definition) is 7. The molecular weight excluding hydrogens is 470 g/mol. The van der Waals surface area contributed by atoms with Gasteiger partial charge in [-0.25, -0.2) is 18.4 Å². The Morgan fingerprint density at radius 3 is 2.91 bits per heavy atom. The van der Waals surface area contributed by atoms with E-state index in [-0.39, 0.29) is 22.8 Å². The lowest BCUT2D eigenvalue weighted by Gasteiger charge is -2.16. The molecule has 3 atom stereocenters. The highest BCUT2D eigenvalue weighted by molar-refractivity contribution is 6.35. The number of benzene rings is 1. The van der Waals surface area contributed by atoms with Crippen LogP contribution in [-0.2, 0) is 4.79 Å². The molecule has 1 aliphatic carbocycles. The molecule has 172 valence electrons. The van der Waals surface area contributed by atoms with Gasteiger partial charge in [0.2, 0.25) is 5.91 Å². The SMILES string of the molecule is C[C@H](c1c(F)c(Cl)c(-c2cn3cc(NC(=O)C4CC4F)nc3cn2)c2cn[nH]c12)n1cnnn1. The summed E-state index contributed by atoms with van der Waals surface area (Å²) in [5.41, 5.74) is 1.84. The van der Waals surface area contributed by atoms with Crippen molar-refractivity contribution in [3.05, 3.63) is 47.5 Å². The topological polar surface area (TPSA) is 132 Å². The molecule has 34 heavy (non-hydrogen) atoms. The summed E-state index contributed by atoms with van der Waals surface area (Å²) in [7, 11) is 0. The maximum atomic E-state index is 15.6.